The van der Waals surface area contributed by atoms with E-state index >= 15 is 0 Å². The Morgan fingerprint density at radius 3 is 2.80 bits per heavy atom. The number of alkyl halides is 1. The van der Waals surface area contributed by atoms with E-state index in [2.05, 4.69) is 47.8 Å². The molecule has 1 aliphatic carbocycles. The summed E-state index contributed by atoms with van der Waals surface area (Å²) < 4.78 is 0. The number of hydrogen-bond acceptors (Lipinski definition) is 1. The van der Waals surface area contributed by atoms with Gasteiger partial charge in [-0.2, -0.15) is 0 Å². The minimum absolute atomic E-state index is 0.396. The van der Waals surface area contributed by atoms with E-state index in [1.165, 1.54) is 42.0 Å². The smallest absolute Gasteiger partial charge is 0.0339 e. The molecule has 0 aromatic heterocycles. The number of benzene rings is 2. The summed E-state index contributed by atoms with van der Waals surface area (Å²) in [4.78, 5) is 0. The minimum Gasteiger partial charge on any atom is -0.312 e. The first kappa shape index (κ1) is 13.9. The van der Waals surface area contributed by atoms with Crippen LogP contribution in [0.25, 0.3) is 10.8 Å². The molecule has 0 spiro atoms. The fourth-order valence-electron chi connectivity index (χ4n) is 3.27. The fourth-order valence-corrected chi connectivity index (χ4v) is 3.67. The number of halogens is 1. The van der Waals surface area contributed by atoms with E-state index in [0.717, 1.165) is 19.0 Å². The largest absolute Gasteiger partial charge is 0.312 e. The molecule has 1 N–H and O–H groups in total. The van der Waals surface area contributed by atoms with Crippen LogP contribution >= 0.6 is 11.6 Å². The van der Waals surface area contributed by atoms with E-state index in [9.17, 15) is 0 Å². The second-order valence-electron chi connectivity index (χ2n) is 5.90. The maximum Gasteiger partial charge on any atom is 0.0339 e. The minimum atomic E-state index is 0.396. The molecule has 2 heteroatoms. The van der Waals surface area contributed by atoms with Crippen LogP contribution < -0.4 is 5.32 Å². The van der Waals surface area contributed by atoms with Crippen LogP contribution in [0.3, 0.4) is 0 Å². The zero-order valence-electron chi connectivity index (χ0n) is 11.8. The highest BCUT2D eigenvalue weighted by atomic mass is 35.5. The van der Waals surface area contributed by atoms with Crippen molar-refractivity contribution in [2.45, 2.75) is 37.6 Å². The SMILES string of the molecule is ClC1CCCC(CNCc2cccc3ccccc23)C1. The Morgan fingerprint density at radius 2 is 1.90 bits per heavy atom. The van der Waals surface area contributed by atoms with Gasteiger partial charge in [-0.1, -0.05) is 48.9 Å². The van der Waals surface area contributed by atoms with Crippen molar-refractivity contribution in [3.8, 4) is 0 Å². The lowest BCUT2D eigenvalue weighted by atomic mass is 9.89. The third-order valence-corrected chi connectivity index (χ3v) is 4.74. The monoisotopic (exact) mass is 287 g/mol. The quantitative estimate of drug-likeness (QED) is 0.802. The van der Waals surface area contributed by atoms with Gasteiger partial charge in [-0.05, 0) is 48.1 Å². The van der Waals surface area contributed by atoms with Crippen molar-refractivity contribution in [3.63, 3.8) is 0 Å². The Hall–Kier alpha value is -1.05. The molecule has 3 rings (SSSR count). The van der Waals surface area contributed by atoms with Crippen LogP contribution in [0, 0.1) is 5.92 Å². The highest BCUT2D eigenvalue weighted by molar-refractivity contribution is 6.20. The number of nitrogens with one attached hydrogen (secondary N) is 1. The summed E-state index contributed by atoms with van der Waals surface area (Å²) in [5.74, 6) is 0.751. The molecular weight excluding hydrogens is 266 g/mol. The Kier molecular flexibility index (Phi) is 4.59. The van der Waals surface area contributed by atoms with E-state index in [1.54, 1.807) is 0 Å². The van der Waals surface area contributed by atoms with Crippen LogP contribution in [0.15, 0.2) is 42.5 Å². The lowest BCUT2D eigenvalue weighted by Crippen LogP contribution is -2.27. The predicted molar refractivity (Wildman–Crippen MR) is 87.3 cm³/mol. The maximum absolute atomic E-state index is 6.26. The lowest BCUT2D eigenvalue weighted by Gasteiger charge is -2.25. The van der Waals surface area contributed by atoms with Crippen molar-refractivity contribution in [2.24, 2.45) is 5.92 Å². The molecule has 2 aromatic rings. The molecule has 0 radical (unpaired) electrons. The summed E-state index contributed by atoms with van der Waals surface area (Å²) >= 11 is 6.26. The summed E-state index contributed by atoms with van der Waals surface area (Å²) in [6.07, 6.45) is 4.98. The van der Waals surface area contributed by atoms with Crippen LogP contribution in [-0.2, 0) is 6.54 Å². The van der Waals surface area contributed by atoms with Gasteiger partial charge in [-0.3, -0.25) is 0 Å². The molecule has 1 nitrogen and oxygen atoms in total. The van der Waals surface area contributed by atoms with Crippen LogP contribution in [0.4, 0.5) is 0 Å². The van der Waals surface area contributed by atoms with Gasteiger partial charge in [0.05, 0.1) is 0 Å². The summed E-state index contributed by atoms with van der Waals surface area (Å²) in [5.41, 5.74) is 1.39. The first-order valence-corrected chi connectivity index (χ1v) is 8.08. The summed E-state index contributed by atoms with van der Waals surface area (Å²) in [6.45, 7) is 2.04. The topological polar surface area (TPSA) is 12.0 Å². The highest BCUT2D eigenvalue weighted by Gasteiger charge is 2.19. The molecule has 0 amide bonds. The van der Waals surface area contributed by atoms with Gasteiger partial charge in [0.2, 0.25) is 0 Å². The van der Waals surface area contributed by atoms with Crippen LogP contribution in [-0.4, -0.2) is 11.9 Å². The zero-order chi connectivity index (χ0) is 13.8. The van der Waals surface area contributed by atoms with Crippen LogP contribution in [0.1, 0.15) is 31.2 Å². The second kappa shape index (κ2) is 6.60. The number of fused-ring (bicyclic) bond motifs is 1. The molecule has 1 aliphatic rings. The molecule has 2 aromatic carbocycles. The third-order valence-electron chi connectivity index (χ3n) is 4.35. The summed E-state index contributed by atoms with van der Waals surface area (Å²) in [7, 11) is 0. The molecule has 1 fully saturated rings. The molecule has 1 saturated carbocycles. The molecular formula is C18H22ClN. The molecule has 0 heterocycles. The third kappa shape index (κ3) is 3.34. The molecule has 0 aliphatic heterocycles. The van der Waals surface area contributed by atoms with E-state index in [-0.39, 0.29) is 0 Å². The van der Waals surface area contributed by atoms with Gasteiger partial charge in [-0.15, -0.1) is 11.6 Å². The molecule has 0 saturated heterocycles. The maximum atomic E-state index is 6.26. The van der Waals surface area contributed by atoms with E-state index in [4.69, 9.17) is 11.6 Å². The van der Waals surface area contributed by atoms with Crippen molar-refractivity contribution in [1.82, 2.24) is 5.32 Å². The molecule has 20 heavy (non-hydrogen) atoms. The van der Waals surface area contributed by atoms with Crippen molar-refractivity contribution < 1.29 is 0 Å². The van der Waals surface area contributed by atoms with Gasteiger partial charge in [0.15, 0.2) is 0 Å². The van der Waals surface area contributed by atoms with Crippen molar-refractivity contribution in [2.75, 3.05) is 6.54 Å². The first-order chi connectivity index (χ1) is 9.83. The molecule has 2 atom stereocenters. The van der Waals surface area contributed by atoms with Gasteiger partial charge in [0, 0.05) is 11.9 Å². The van der Waals surface area contributed by atoms with Crippen molar-refractivity contribution in [3.05, 3.63) is 48.0 Å². The van der Waals surface area contributed by atoms with Gasteiger partial charge in [0.25, 0.3) is 0 Å². The molecule has 2 unspecified atom stereocenters. The average molecular weight is 288 g/mol. The van der Waals surface area contributed by atoms with Gasteiger partial charge >= 0.3 is 0 Å². The number of rotatable bonds is 4. The number of hydrogen-bond donors (Lipinski definition) is 1. The highest BCUT2D eigenvalue weighted by Crippen LogP contribution is 2.27. The van der Waals surface area contributed by atoms with Crippen molar-refractivity contribution in [1.29, 1.82) is 0 Å². The molecule has 0 bridgehead atoms. The second-order valence-corrected chi connectivity index (χ2v) is 6.52. The van der Waals surface area contributed by atoms with E-state index in [1.807, 2.05) is 0 Å². The molecule has 106 valence electrons. The summed E-state index contributed by atoms with van der Waals surface area (Å²) in [6, 6.07) is 15.2. The Bertz CT molecular complexity index is 561. The average Bonchev–Trinajstić information content (AvgIpc) is 2.48. The van der Waals surface area contributed by atoms with E-state index < -0.39 is 0 Å². The zero-order valence-corrected chi connectivity index (χ0v) is 12.6. The van der Waals surface area contributed by atoms with Gasteiger partial charge in [-0.25, -0.2) is 0 Å². The van der Waals surface area contributed by atoms with Crippen LogP contribution in [0.2, 0.25) is 0 Å². The Balaban J connectivity index is 1.60. The Labute approximate surface area is 126 Å². The first-order valence-electron chi connectivity index (χ1n) is 7.64. The predicted octanol–water partition coefficient (Wildman–Crippen LogP) is 4.73. The standard InChI is InChI=1S/C18H22ClN/c19-17-9-3-5-14(11-17)12-20-13-16-8-4-7-15-6-1-2-10-18(15)16/h1-2,4,6-8,10,14,17,20H,3,5,9,11-13H2. The van der Waals surface area contributed by atoms with Gasteiger partial charge in [0.1, 0.15) is 0 Å². The lowest BCUT2D eigenvalue weighted by molar-refractivity contribution is 0.346. The van der Waals surface area contributed by atoms with Crippen LogP contribution in [0.5, 0.6) is 0 Å². The Morgan fingerprint density at radius 1 is 1.05 bits per heavy atom. The normalized spacial score (nSPS) is 23.1. The van der Waals surface area contributed by atoms with Crippen molar-refractivity contribution >= 4 is 22.4 Å². The van der Waals surface area contributed by atoms with E-state index in [0.29, 0.717) is 5.38 Å². The summed E-state index contributed by atoms with van der Waals surface area (Å²) in [5, 5.41) is 6.71. The van der Waals surface area contributed by atoms with Gasteiger partial charge < -0.3 is 5.32 Å². The fraction of sp³-hybridized carbons (Fsp3) is 0.444.